The van der Waals surface area contributed by atoms with Crippen molar-refractivity contribution < 1.29 is 5.11 Å². The molecule has 2 N–H and O–H groups in total. The Hall–Kier alpha value is -2.23. The van der Waals surface area contributed by atoms with Gasteiger partial charge in [-0.3, -0.25) is 0 Å². The maximum atomic E-state index is 9.83. The van der Waals surface area contributed by atoms with Gasteiger partial charge >= 0.3 is 0 Å². The highest BCUT2D eigenvalue weighted by Crippen LogP contribution is 2.33. The van der Waals surface area contributed by atoms with Gasteiger partial charge in [0, 0.05) is 11.4 Å². The van der Waals surface area contributed by atoms with Crippen LogP contribution in [0.3, 0.4) is 0 Å². The second-order valence-electron chi connectivity index (χ2n) is 5.63. The van der Waals surface area contributed by atoms with E-state index in [0.29, 0.717) is 5.75 Å². The zero-order chi connectivity index (χ0) is 16.6. The minimum absolute atomic E-state index is 0.330. The molecule has 0 saturated heterocycles. The van der Waals surface area contributed by atoms with Crippen molar-refractivity contribution in [3.8, 4) is 5.75 Å². The second kappa shape index (κ2) is 8.57. The van der Waals surface area contributed by atoms with Crippen molar-refractivity contribution in [2.24, 2.45) is 0 Å². The molecule has 0 radical (unpaired) electrons. The Morgan fingerprint density at radius 3 is 2.21 bits per heavy atom. The molecule has 0 aliphatic carbocycles. The maximum absolute atomic E-state index is 9.83. The number of hydrogen-bond donors (Lipinski definition) is 2. The first-order chi connectivity index (χ1) is 11.8. The molecule has 3 aromatic rings. The Morgan fingerprint density at radius 1 is 0.750 bits per heavy atom. The average molecular weight is 335 g/mol. The molecule has 0 unspecified atom stereocenters. The lowest BCUT2D eigenvalue weighted by Gasteiger charge is -2.07. The third kappa shape index (κ3) is 4.88. The molecular formula is C21H21NOS. The van der Waals surface area contributed by atoms with E-state index in [1.807, 2.05) is 24.3 Å². The van der Waals surface area contributed by atoms with E-state index in [-0.39, 0.29) is 0 Å². The SMILES string of the molecule is Oc1ccccc1Sc1ccc(CCNCc2ccccc2)cc1. The third-order valence-corrected chi connectivity index (χ3v) is 4.85. The molecular weight excluding hydrogens is 314 g/mol. The Morgan fingerprint density at radius 2 is 1.46 bits per heavy atom. The van der Waals surface area contributed by atoms with Crippen LogP contribution in [0.4, 0.5) is 0 Å². The Kier molecular flexibility index (Phi) is 5.94. The highest BCUT2D eigenvalue weighted by Gasteiger charge is 2.02. The second-order valence-corrected chi connectivity index (χ2v) is 6.74. The van der Waals surface area contributed by atoms with E-state index >= 15 is 0 Å². The summed E-state index contributed by atoms with van der Waals surface area (Å²) < 4.78 is 0. The summed E-state index contributed by atoms with van der Waals surface area (Å²) in [6.45, 7) is 1.86. The van der Waals surface area contributed by atoms with E-state index in [0.717, 1.165) is 29.3 Å². The van der Waals surface area contributed by atoms with Gasteiger partial charge in [-0.25, -0.2) is 0 Å². The van der Waals surface area contributed by atoms with Crippen molar-refractivity contribution in [2.45, 2.75) is 22.8 Å². The molecule has 0 spiro atoms. The topological polar surface area (TPSA) is 32.3 Å². The Labute approximate surface area is 147 Å². The van der Waals surface area contributed by atoms with Crippen molar-refractivity contribution in [2.75, 3.05) is 6.54 Å². The van der Waals surface area contributed by atoms with Crippen molar-refractivity contribution in [1.29, 1.82) is 0 Å². The van der Waals surface area contributed by atoms with Gasteiger partial charge in [-0.2, -0.15) is 0 Å². The van der Waals surface area contributed by atoms with E-state index in [9.17, 15) is 5.11 Å². The van der Waals surface area contributed by atoms with Crippen LogP contribution in [-0.2, 0) is 13.0 Å². The number of benzene rings is 3. The van der Waals surface area contributed by atoms with Crippen molar-refractivity contribution in [3.05, 3.63) is 90.0 Å². The average Bonchev–Trinajstić information content (AvgIpc) is 2.63. The van der Waals surface area contributed by atoms with Crippen LogP contribution in [0.2, 0.25) is 0 Å². The number of phenols is 1. The van der Waals surface area contributed by atoms with Gasteiger partial charge in [-0.15, -0.1) is 0 Å². The Balaban J connectivity index is 1.47. The summed E-state index contributed by atoms with van der Waals surface area (Å²) in [6.07, 6.45) is 1.01. The summed E-state index contributed by atoms with van der Waals surface area (Å²) in [5.74, 6) is 0.330. The molecule has 0 aliphatic heterocycles. The van der Waals surface area contributed by atoms with Crippen LogP contribution >= 0.6 is 11.8 Å². The van der Waals surface area contributed by atoms with Crippen molar-refractivity contribution in [1.82, 2.24) is 5.32 Å². The lowest BCUT2D eigenvalue weighted by Crippen LogP contribution is -2.16. The number of phenolic OH excluding ortho intramolecular Hbond substituents is 1. The first kappa shape index (κ1) is 16.6. The van der Waals surface area contributed by atoms with Crippen molar-refractivity contribution in [3.63, 3.8) is 0 Å². The summed E-state index contributed by atoms with van der Waals surface area (Å²) in [4.78, 5) is 2.02. The van der Waals surface area contributed by atoms with Crippen LogP contribution < -0.4 is 5.32 Å². The molecule has 0 saturated carbocycles. The molecule has 0 bridgehead atoms. The molecule has 0 aromatic heterocycles. The van der Waals surface area contributed by atoms with Gasteiger partial charge in [0.2, 0.25) is 0 Å². The number of nitrogens with one attached hydrogen (secondary N) is 1. The summed E-state index contributed by atoms with van der Waals surface area (Å²) in [5, 5.41) is 13.3. The predicted molar refractivity (Wildman–Crippen MR) is 101 cm³/mol. The van der Waals surface area contributed by atoms with Crippen LogP contribution in [0.5, 0.6) is 5.75 Å². The van der Waals surface area contributed by atoms with Crippen molar-refractivity contribution >= 4 is 11.8 Å². The fourth-order valence-electron chi connectivity index (χ4n) is 2.46. The zero-order valence-electron chi connectivity index (χ0n) is 13.5. The van der Waals surface area contributed by atoms with E-state index in [2.05, 4.69) is 53.8 Å². The fourth-order valence-corrected chi connectivity index (χ4v) is 3.30. The van der Waals surface area contributed by atoms with Gasteiger partial charge in [0.05, 0.1) is 4.90 Å². The lowest BCUT2D eigenvalue weighted by molar-refractivity contribution is 0.462. The highest BCUT2D eigenvalue weighted by molar-refractivity contribution is 7.99. The van der Waals surface area contributed by atoms with E-state index < -0.39 is 0 Å². The van der Waals surface area contributed by atoms with Gasteiger partial charge in [0.1, 0.15) is 5.75 Å². The maximum Gasteiger partial charge on any atom is 0.129 e. The monoisotopic (exact) mass is 335 g/mol. The quantitative estimate of drug-likeness (QED) is 0.604. The molecule has 122 valence electrons. The summed E-state index contributed by atoms with van der Waals surface area (Å²) in [6, 6.07) is 26.4. The standard InChI is InChI=1S/C21H21NOS/c23-20-8-4-5-9-21(20)24-19-12-10-17(11-13-19)14-15-22-16-18-6-2-1-3-7-18/h1-13,22-23H,14-16H2. The molecule has 0 atom stereocenters. The number of para-hydroxylation sites is 1. The number of aromatic hydroxyl groups is 1. The van der Waals surface area contributed by atoms with Gasteiger partial charge in [-0.1, -0.05) is 66.4 Å². The molecule has 2 nitrogen and oxygen atoms in total. The molecule has 0 heterocycles. The predicted octanol–water partition coefficient (Wildman–Crippen LogP) is 4.88. The number of rotatable bonds is 7. The summed E-state index contributed by atoms with van der Waals surface area (Å²) in [5.41, 5.74) is 2.63. The van der Waals surface area contributed by atoms with E-state index in [1.54, 1.807) is 17.8 Å². The van der Waals surface area contributed by atoms with Crippen LogP contribution in [-0.4, -0.2) is 11.7 Å². The van der Waals surface area contributed by atoms with E-state index in [1.165, 1.54) is 11.1 Å². The van der Waals surface area contributed by atoms with Gasteiger partial charge in [-0.05, 0) is 48.4 Å². The molecule has 0 aliphatic rings. The minimum atomic E-state index is 0.330. The zero-order valence-corrected chi connectivity index (χ0v) is 14.3. The molecule has 0 amide bonds. The van der Waals surface area contributed by atoms with Crippen LogP contribution in [0.25, 0.3) is 0 Å². The third-order valence-electron chi connectivity index (χ3n) is 3.78. The molecule has 3 aromatic carbocycles. The minimum Gasteiger partial charge on any atom is -0.507 e. The van der Waals surface area contributed by atoms with E-state index in [4.69, 9.17) is 0 Å². The molecule has 24 heavy (non-hydrogen) atoms. The highest BCUT2D eigenvalue weighted by atomic mass is 32.2. The normalized spacial score (nSPS) is 10.7. The first-order valence-corrected chi connectivity index (χ1v) is 8.92. The van der Waals surface area contributed by atoms with Crippen LogP contribution in [0.15, 0.2) is 88.7 Å². The van der Waals surface area contributed by atoms with Gasteiger partial charge in [0.25, 0.3) is 0 Å². The molecule has 0 fully saturated rings. The summed E-state index contributed by atoms with van der Waals surface area (Å²) in [7, 11) is 0. The lowest BCUT2D eigenvalue weighted by atomic mass is 10.1. The molecule has 3 rings (SSSR count). The molecule has 3 heteroatoms. The fraction of sp³-hybridized carbons (Fsp3) is 0.143. The summed E-state index contributed by atoms with van der Waals surface area (Å²) >= 11 is 1.58. The van der Waals surface area contributed by atoms with Gasteiger partial charge < -0.3 is 10.4 Å². The van der Waals surface area contributed by atoms with Crippen LogP contribution in [0, 0.1) is 0 Å². The Bertz CT molecular complexity index is 756. The smallest absolute Gasteiger partial charge is 0.129 e. The first-order valence-electron chi connectivity index (χ1n) is 8.11. The van der Waals surface area contributed by atoms with Crippen LogP contribution in [0.1, 0.15) is 11.1 Å². The van der Waals surface area contributed by atoms with Gasteiger partial charge in [0.15, 0.2) is 0 Å². The number of hydrogen-bond acceptors (Lipinski definition) is 3. The largest absolute Gasteiger partial charge is 0.507 e.